The molecule has 0 saturated carbocycles. The highest BCUT2D eigenvalue weighted by atomic mass is 32.2. The van der Waals surface area contributed by atoms with E-state index < -0.39 is 22.4 Å². The van der Waals surface area contributed by atoms with Crippen LogP contribution in [0.5, 0.6) is 0 Å². The molecule has 1 rings (SSSR count). The second-order valence-electron chi connectivity index (χ2n) is 3.29. The molecule has 0 spiro atoms. The molecule has 0 aliphatic carbocycles. The van der Waals surface area contributed by atoms with Crippen molar-refractivity contribution in [2.45, 2.75) is 17.6 Å². The summed E-state index contributed by atoms with van der Waals surface area (Å²) in [5, 5.41) is 10.2. The minimum absolute atomic E-state index is 0.262. The lowest BCUT2D eigenvalue weighted by atomic mass is 10.2. The maximum absolute atomic E-state index is 12.7. The van der Waals surface area contributed by atoms with E-state index in [-0.39, 0.29) is 5.03 Å². The van der Waals surface area contributed by atoms with Gasteiger partial charge in [-0.3, -0.25) is 10.1 Å². The largest absolute Gasteiger partial charge is 0.419 e. The normalized spacial score (nSPS) is 11.6. The zero-order valence-electron chi connectivity index (χ0n) is 9.11. The molecule has 100 valence electrons. The molecule has 0 bridgehead atoms. The minimum atomic E-state index is -4.66. The van der Waals surface area contributed by atoms with Crippen molar-refractivity contribution < 1.29 is 18.1 Å². The number of nitrogens with zero attached hydrogens (tertiary/aromatic N) is 2. The molecule has 0 atom stereocenters. The van der Waals surface area contributed by atoms with Crippen LogP contribution >= 0.6 is 11.8 Å². The van der Waals surface area contributed by atoms with Crippen LogP contribution in [-0.4, -0.2) is 22.2 Å². The summed E-state index contributed by atoms with van der Waals surface area (Å²) in [5.41, 5.74) is 3.48. The molecule has 18 heavy (non-hydrogen) atoms. The van der Waals surface area contributed by atoms with Crippen LogP contribution in [0, 0.1) is 10.1 Å². The van der Waals surface area contributed by atoms with E-state index in [0.29, 0.717) is 24.8 Å². The Morgan fingerprint density at radius 3 is 2.67 bits per heavy atom. The third-order valence-corrected chi connectivity index (χ3v) is 3.03. The molecule has 9 heteroatoms. The number of nitro groups is 1. The van der Waals surface area contributed by atoms with Gasteiger partial charge in [-0.1, -0.05) is 0 Å². The molecule has 0 aliphatic heterocycles. The molecule has 0 aromatic carbocycles. The van der Waals surface area contributed by atoms with Crippen molar-refractivity contribution in [3.8, 4) is 0 Å². The van der Waals surface area contributed by atoms with Gasteiger partial charge in [0.2, 0.25) is 0 Å². The van der Waals surface area contributed by atoms with Gasteiger partial charge in [-0.15, -0.1) is 11.8 Å². The van der Waals surface area contributed by atoms with Gasteiger partial charge in [0, 0.05) is 11.8 Å². The summed E-state index contributed by atoms with van der Waals surface area (Å²) >= 11 is 0.885. The highest BCUT2D eigenvalue weighted by molar-refractivity contribution is 7.99. The fourth-order valence-corrected chi connectivity index (χ4v) is 2.07. The number of thioether (sulfide) groups is 1. The lowest BCUT2D eigenvalue weighted by molar-refractivity contribution is -0.385. The number of nitrogens with two attached hydrogens (primary N) is 1. The molecule has 0 saturated heterocycles. The predicted molar refractivity (Wildman–Crippen MR) is 60.3 cm³/mol. The van der Waals surface area contributed by atoms with Crippen molar-refractivity contribution in [3.05, 3.63) is 27.9 Å². The van der Waals surface area contributed by atoms with E-state index in [2.05, 4.69) is 4.98 Å². The van der Waals surface area contributed by atoms with E-state index in [0.717, 1.165) is 18.0 Å². The molecule has 0 fully saturated rings. The highest BCUT2D eigenvalue weighted by Gasteiger charge is 2.36. The summed E-state index contributed by atoms with van der Waals surface area (Å²) < 4.78 is 38.1. The van der Waals surface area contributed by atoms with Crippen LogP contribution in [0.25, 0.3) is 0 Å². The molecule has 0 unspecified atom stereocenters. The molecule has 0 amide bonds. The van der Waals surface area contributed by atoms with Crippen molar-refractivity contribution in [3.63, 3.8) is 0 Å². The van der Waals surface area contributed by atoms with Gasteiger partial charge in [-0.2, -0.15) is 13.2 Å². The molecule has 0 radical (unpaired) electrons. The molecule has 5 nitrogen and oxygen atoms in total. The fraction of sp³-hybridized carbons (Fsp3) is 0.444. The molecular weight excluding hydrogens is 271 g/mol. The van der Waals surface area contributed by atoms with E-state index in [1.165, 1.54) is 0 Å². The molecular formula is C9H10F3N3O2S. The second kappa shape index (κ2) is 6.01. The van der Waals surface area contributed by atoms with Gasteiger partial charge in [0.25, 0.3) is 5.69 Å². The van der Waals surface area contributed by atoms with Crippen molar-refractivity contribution >= 4 is 17.4 Å². The van der Waals surface area contributed by atoms with Gasteiger partial charge < -0.3 is 5.73 Å². The first-order valence-electron chi connectivity index (χ1n) is 4.90. The highest BCUT2D eigenvalue weighted by Crippen LogP contribution is 2.37. The molecule has 1 heterocycles. The summed E-state index contributed by atoms with van der Waals surface area (Å²) in [6.45, 7) is 0.362. The van der Waals surface area contributed by atoms with Crippen LogP contribution in [0.4, 0.5) is 18.9 Å². The van der Waals surface area contributed by atoms with E-state index in [4.69, 9.17) is 5.73 Å². The molecule has 1 aromatic heterocycles. The first-order chi connectivity index (χ1) is 8.36. The number of hydrogen-bond acceptors (Lipinski definition) is 5. The standard InChI is InChI=1S/C9H10F3N3O2S/c10-9(11,12)7-4-6(15(16)17)5-14-8(7)18-3-1-2-13/h4-5H,1-3,13H2. The average Bonchev–Trinajstić information content (AvgIpc) is 2.28. The van der Waals surface area contributed by atoms with Crippen LogP contribution in [0.2, 0.25) is 0 Å². The quantitative estimate of drug-likeness (QED) is 0.388. The van der Waals surface area contributed by atoms with Crippen molar-refractivity contribution in [2.24, 2.45) is 5.73 Å². The summed E-state index contributed by atoms with van der Waals surface area (Å²) in [5.74, 6) is 0.379. The Balaban J connectivity index is 3.05. The van der Waals surface area contributed by atoms with Crippen LogP contribution in [-0.2, 0) is 6.18 Å². The third-order valence-electron chi connectivity index (χ3n) is 1.94. The van der Waals surface area contributed by atoms with Crippen LogP contribution in [0.1, 0.15) is 12.0 Å². The Morgan fingerprint density at radius 1 is 1.50 bits per heavy atom. The maximum atomic E-state index is 12.7. The SMILES string of the molecule is NCCCSc1ncc([N+](=O)[O-])cc1C(F)(F)F. The topological polar surface area (TPSA) is 82.0 Å². The van der Waals surface area contributed by atoms with E-state index in [1.54, 1.807) is 0 Å². The number of hydrogen-bond donors (Lipinski definition) is 1. The zero-order valence-corrected chi connectivity index (χ0v) is 9.92. The van der Waals surface area contributed by atoms with E-state index in [1.807, 2.05) is 0 Å². The summed E-state index contributed by atoms with van der Waals surface area (Å²) in [6, 6.07) is 0.498. The van der Waals surface area contributed by atoms with Gasteiger partial charge in [0.1, 0.15) is 11.2 Å². The van der Waals surface area contributed by atoms with Crippen LogP contribution in [0.3, 0.4) is 0 Å². The number of halogens is 3. The van der Waals surface area contributed by atoms with E-state index in [9.17, 15) is 23.3 Å². The predicted octanol–water partition coefficient (Wildman–Crippen LogP) is 2.45. The number of aromatic nitrogens is 1. The van der Waals surface area contributed by atoms with Crippen molar-refractivity contribution in [1.29, 1.82) is 0 Å². The van der Waals surface area contributed by atoms with Crippen LogP contribution < -0.4 is 5.73 Å². The zero-order chi connectivity index (χ0) is 13.8. The molecule has 1 aromatic rings. The third kappa shape index (κ3) is 3.84. The first kappa shape index (κ1) is 14.7. The van der Waals surface area contributed by atoms with Gasteiger partial charge in [0.15, 0.2) is 0 Å². The monoisotopic (exact) mass is 281 g/mol. The van der Waals surface area contributed by atoms with Crippen molar-refractivity contribution in [2.75, 3.05) is 12.3 Å². The van der Waals surface area contributed by atoms with Crippen molar-refractivity contribution in [1.82, 2.24) is 4.98 Å². The maximum Gasteiger partial charge on any atom is 0.419 e. The van der Waals surface area contributed by atoms with Crippen LogP contribution in [0.15, 0.2) is 17.3 Å². The Morgan fingerprint density at radius 2 is 2.17 bits per heavy atom. The smallest absolute Gasteiger partial charge is 0.330 e. The summed E-state index contributed by atoms with van der Waals surface area (Å²) in [7, 11) is 0. The van der Waals surface area contributed by atoms with Gasteiger partial charge >= 0.3 is 6.18 Å². The number of pyridine rings is 1. The molecule has 2 N–H and O–H groups in total. The lowest BCUT2D eigenvalue weighted by Crippen LogP contribution is -2.09. The summed E-state index contributed by atoms with van der Waals surface area (Å²) in [6.07, 6.45) is -3.30. The number of rotatable bonds is 5. The Bertz CT molecular complexity index is 440. The lowest BCUT2D eigenvalue weighted by Gasteiger charge is -2.10. The fourth-order valence-electron chi connectivity index (χ4n) is 1.11. The minimum Gasteiger partial charge on any atom is -0.330 e. The number of alkyl halides is 3. The second-order valence-corrected chi connectivity index (χ2v) is 4.38. The first-order valence-corrected chi connectivity index (χ1v) is 5.89. The van der Waals surface area contributed by atoms with Gasteiger partial charge in [-0.25, -0.2) is 4.98 Å². The Hall–Kier alpha value is -1.35. The van der Waals surface area contributed by atoms with Gasteiger partial charge in [0.05, 0.1) is 10.5 Å². The van der Waals surface area contributed by atoms with E-state index >= 15 is 0 Å². The van der Waals surface area contributed by atoms with Gasteiger partial charge in [-0.05, 0) is 13.0 Å². The molecule has 0 aliphatic rings. The average molecular weight is 281 g/mol. The Labute approximate surface area is 105 Å². The summed E-state index contributed by atoms with van der Waals surface area (Å²) in [4.78, 5) is 13.0. The Kier molecular flexibility index (Phi) is 4.91.